The van der Waals surface area contributed by atoms with E-state index in [1.165, 1.54) is 4.90 Å². The summed E-state index contributed by atoms with van der Waals surface area (Å²) in [5, 5.41) is 8.79. The summed E-state index contributed by atoms with van der Waals surface area (Å²) < 4.78 is 51.3. The lowest BCUT2D eigenvalue weighted by atomic mass is 10.1. The number of nitrogens with zero attached hydrogens (tertiary/aromatic N) is 2. The normalized spacial score (nSPS) is 16.0. The fourth-order valence-electron chi connectivity index (χ4n) is 1.94. The summed E-state index contributed by atoms with van der Waals surface area (Å²) in [6.45, 7) is -0.236. The van der Waals surface area contributed by atoms with E-state index in [0.717, 1.165) is 18.3 Å². The van der Waals surface area contributed by atoms with Gasteiger partial charge in [-0.3, -0.25) is 0 Å². The van der Waals surface area contributed by atoms with Crippen LogP contribution in [-0.4, -0.2) is 35.3 Å². The summed E-state index contributed by atoms with van der Waals surface area (Å²) in [6, 6.07) is 1.00. The molecular weight excluding hydrogens is 280 g/mol. The molecule has 2 heterocycles. The molecule has 1 aliphatic heterocycles. The number of carboxylic acids is 1. The highest BCUT2D eigenvalue weighted by atomic mass is 19.4. The summed E-state index contributed by atoms with van der Waals surface area (Å²) in [5.41, 5.74) is -1.22. The smallest absolute Gasteiger partial charge is 0.412 e. The first-order chi connectivity index (χ1) is 9.30. The average Bonchev–Trinajstić information content (AvgIpc) is 2.38. The van der Waals surface area contributed by atoms with Gasteiger partial charge in [0.25, 0.3) is 0 Å². The molecule has 0 radical (unpaired) electrons. The molecule has 0 unspecified atom stereocenters. The zero-order chi connectivity index (χ0) is 14.9. The van der Waals surface area contributed by atoms with Crippen molar-refractivity contribution >= 4 is 11.8 Å². The summed E-state index contributed by atoms with van der Waals surface area (Å²) in [7, 11) is 0. The number of hydrogen-bond donors (Lipinski definition) is 1. The van der Waals surface area contributed by atoms with Crippen molar-refractivity contribution in [3.8, 4) is 0 Å². The van der Waals surface area contributed by atoms with Crippen LogP contribution in [0.3, 0.4) is 0 Å². The van der Waals surface area contributed by atoms with Crippen molar-refractivity contribution in [1.82, 2.24) is 4.98 Å². The zero-order valence-corrected chi connectivity index (χ0v) is 10.1. The van der Waals surface area contributed by atoms with E-state index < -0.39 is 29.1 Å². The lowest BCUT2D eigenvalue weighted by Crippen LogP contribution is -2.33. The van der Waals surface area contributed by atoms with E-state index in [4.69, 9.17) is 5.11 Å². The van der Waals surface area contributed by atoms with E-state index in [9.17, 15) is 22.4 Å². The van der Waals surface area contributed by atoms with Gasteiger partial charge in [0, 0.05) is 24.9 Å². The Labute approximate surface area is 111 Å². The van der Waals surface area contributed by atoms with Crippen molar-refractivity contribution in [2.45, 2.75) is 12.6 Å². The molecule has 4 nitrogen and oxygen atoms in total. The van der Waals surface area contributed by atoms with Gasteiger partial charge >= 0.3 is 12.1 Å². The highest BCUT2D eigenvalue weighted by molar-refractivity contribution is 5.88. The summed E-state index contributed by atoms with van der Waals surface area (Å²) >= 11 is 0. The van der Waals surface area contributed by atoms with Gasteiger partial charge in [-0.15, -0.1) is 0 Å². The van der Waals surface area contributed by atoms with E-state index in [0.29, 0.717) is 0 Å². The van der Waals surface area contributed by atoms with Gasteiger partial charge < -0.3 is 10.0 Å². The van der Waals surface area contributed by atoms with Gasteiger partial charge in [0.05, 0.1) is 0 Å². The van der Waals surface area contributed by atoms with Crippen LogP contribution in [0, 0.1) is 5.82 Å². The fraction of sp³-hybridized carbons (Fsp3) is 0.333. The van der Waals surface area contributed by atoms with Crippen molar-refractivity contribution < 1.29 is 27.5 Å². The topological polar surface area (TPSA) is 53.4 Å². The van der Waals surface area contributed by atoms with Crippen LogP contribution in [0.2, 0.25) is 0 Å². The van der Waals surface area contributed by atoms with Gasteiger partial charge in [-0.25, -0.2) is 14.2 Å². The molecule has 0 aliphatic carbocycles. The van der Waals surface area contributed by atoms with Crippen LogP contribution >= 0.6 is 0 Å². The predicted molar refractivity (Wildman–Crippen MR) is 62.1 cm³/mol. The first-order valence-electron chi connectivity index (χ1n) is 5.69. The van der Waals surface area contributed by atoms with Crippen molar-refractivity contribution in [3.63, 3.8) is 0 Å². The van der Waals surface area contributed by atoms with Gasteiger partial charge in [-0.05, 0) is 12.5 Å². The third-order valence-electron chi connectivity index (χ3n) is 2.97. The third kappa shape index (κ3) is 2.73. The van der Waals surface area contributed by atoms with Crippen LogP contribution in [0.25, 0.3) is 0 Å². The monoisotopic (exact) mass is 290 g/mol. The lowest BCUT2D eigenvalue weighted by molar-refractivity contribution is -0.0944. The molecule has 108 valence electrons. The number of halogens is 4. The third-order valence-corrected chi connectivity index (χ3v) is 2.97. The largest absolute Gasteiger partial charge is 0.478 e. The summed E-state index contributed by atoms with van der Waals surface area (Å²) in [4.78, 5) is 15.8. The number of hydrogen-bond acceptors (Lipinski definition) is 3. The van der Waals surface area contributed by atoms with Crippen LogP contribution in [-0.2, 0) is 0 Å². The number of aromatic nitrogens is 1. The standard InChI is InChI=1S/C12H10F4N2O2/c13-9-8(11(19)20)1-4-17-10(9)18-5-2-7(3-6-18)12(14,15)16/h1-2,4H,3,5-6H2,(H,19,20). The summed E-state index contributed by atoms with van der Waals surface area (Å²) in [5.74, 6) is -2.74. The molecule has 0 saturated carbocycles. The first kappa shape index (κ1) is 14.3. The van der Waals surface area contributed by atoms with Crippen molar-refractivity contribution in [1.29, 1.82) is 0 Å². The number of anilines is 1. The molecule has 0 amide bonds. The van der Waals surface area contributed by atoms with E-state index in [2.05, 4.69) is 4.98 Å². The van der Waals surface area contributed by atoms with Crippen LogP contribution in [0.4, 0.5) is 23.4 Å². The van der Waals surface area contributed by atoms with Gasteiger partial charge in [-0.2, -0.15) is 13.2 Å². The minimum absolute atomic E-state index is 0.0711. The maximum Gasteiger partial charge on any atom is 0.412 e. The van der Waals surface area contributed by atoms with E-state index in [1.54, 1.807) is 0 Å². The highest BCUT2D eigenvalue weighted by Crippen LogP contribution is 2.31. The van der Waals surface area contributed by atoms with Gasteiger partial charge in [0.15, 0.2) is 11.6 Å². The van der Waals surface area contributed by atoms with Gasteiger partial charge in [0.2, 0.25) is 0 Å². The molecular formula is C12H10F4N2O2. The molecule has 2 rings (SSSR count). The number of pyridine rings is 1. The van der Waals surface area contributed by atoms with Crippen LogP contribution < -0.4 is 4.90 Å². The molecule has 0 atom stereocenters. The Kier molecular flexibility index (Phi) is 3.65. The molecule has 1 aromatic rings. The maximum atomic E-state index is 13.9. The maximum absolute atomic E-state index is 13.9. The van der Waals surface area contributed by atoms with Crippen LogP contribution in [0.5, 0.6) is 0 Å². The molecule has 0 aromatic carbocycles. The molecule has 20 heavy (non-hydrogen) atoms. The van der Waals surface area contributed by atoms with Crippen LogP contribution in [0.15, 0.2) is 23.9 Å². The quantitative estimate of drug-likeness (QED) is 0.672. The highest BCUT2D eigenvalue weighted by Gasteiger charge is 2.35. The molecule has 0 fully saturated rings. The Bertz CT molecular complexity index is 569. The number of rotatable bonds is 2. The molecule has 0 spiro atoms. The number of carbonyl (C=O) groups is 1. The Morgan fingerprint density at radius 2 is 2.10 bits per heavy atom. The molecule has 8 heteroatoms. The zero-order valence-electron chi connectivity index (χ0n) is 10.1. The molecule has 1 N–H and O–H groups in total. The number of carboxylic acid groups (broad SMARTS) is 1. The second kappa shape index (κ2) is 5.10. The van der Waals surface area contributed by atoms with E-state index in [1.807, 2.05) is 0 Å². The van der Waals surface area contributed by atoms with Gasteiger partial charge in [0.1, 0.15) is 5.56 Å². The van der Waals surface area contributed by atoms with Crippen molar-refractivity contribution in [3.05, 3.63) is 35.3 Å². The number of aromatic carboxylic acids is 1. The molecule has 0 bridgehead atoms. The van der Waals surface area contributed by atoms with Crippen molar-refractivity contribution in [2.75, 3.05) is 18.0 Å². The SMILES string of the molecule is O=C(O)c1ccnc(N2CC=C(C(F)(F)F)CC2)c1F. The average molecular weight is 290 g/mol. The Balaban J connectivity index is 2.26. The minimum Gasteiger partial charge on any atom is -0.478 e. The molecule has 1 aromatic heterocycles. The van der Waals surface area contributed by atoms with Gasteiger partial charge in [-0.1, -0.05) is 6.08 Å². The van der Waals surface area contributed by atoms with E-state index in [-0.39, 0.29) is 25.3 Å². The number of alkyl halides is 3. The summed E-state index contributed by atoms with van der Waals surface area (Å²) in [6.07, 6.45) is -2.61. The first-order valence-corrected chi connectivity index (χ1v) is 5.69. The Morgan fingerprint density at radius 1 is 1.40 bits per heavy atom. The van der Waals surface area contributed by atoms with Crippen LogP contribution in [0.1, 0.15) is 16.8 Å². The van der Waals surface area contributed by atoms with E-state index >= 15 is 0 Å². The van der Waals surface area contributed by atoms with Crippen molar-refractivity contribution in [2.24, 2.45) is 0 Å². The predicted octanol–water partition coefficient (Wildman–Crippen LogP) is 2.62. The minimum atomic E-state index is -4.39. The second-order valence-corrected chi connectivity index (χ2v) is 4.22. The molecule has 0 saturated heterocycles. The fourth-order valence-corrected chi connectivity index (χ4v) is 1.94. The Hall–Kier alpha value is -2.12. The lowest BCUT2D eigenvalue weighted by Gasteiger charge is -2.28. The Morgan fingerprint density at radius 3 is 2.60 bits per heavy atom. The molecule has 1 aliphatic rings. The second-order valence-electron chi connectivity index (χ2n) is 4.22.